The number of pyridine rings is 1. The number of nitrogens with zero attached hydrogens (tertiary/aromatic N) is 3. The quantitative estimate of drug-likeness (QED) is 0.880. The summed E-state index contributed by atoms with van der Waals surface area (Å²) in [5.41, 5.74) is 1.84. The molecule has 0 bridgehead atoms. The summed E-state index contributed by atoms with van der Waals surface area (Å²) in [6.07, 6.45) is 8.09. The van der Waals surface area contributed by atoms with Crippen LogP contribution in [-0.4, -0.2) is 46.0 Å². The van der Waals surface area contributed by atoms with Gasteiger partial charge in [-0.15, -0.1) is 0 Å². The van der Waals surface area contributed by atoms with Gasteiger partial charge in [-0.05, 0) is 62.1 Å². The molecule has 0 unspecified atom stereocenters. The van der Waals surface area contributed by atoms with Crippen molar-refractivity contribution in [2.45, 2.75) is 39.3 Å². The second-order valence-electron chi connectivity index (χ2n) is 7.26. The number of carbonyl (C=O) groups excluding carboxylic acids is 1. The van der Waals surface area contributed by atoms with E-state index in [2.05, 4.69) is 29.0 Å². The minimum atomic E-state index is -0.00314. The highest BCUT2D eigenvalue weighted by Gasteiger charge is 2.20. The van der Waals surface area contributed by atoms with Crippen LogP contribution >= 0.6 is 0 Å². The van der Waals surface area contributed by atoms with E-state index < -0.39 is 0 Å². The lowest BCUT2D eigenvalue weighted by Gasteiger charge is -2.32. The van der Waals surface area contributed by atoms with Crippen molar-refractivity contribution >= 4 is 5.91 Å². The molecule has 1 fully saturated rings. The molecular formula is C20H28N4O. The van der Waals surface area contributed by atoms with Gasteiger partial charge in [0.2, 0.25) is 0 Å². The van der Waals surface area contributed by atoms with Crippen LogP contribution < -0.4 is 5.32 Å². The van der Waals surface area contributed by atoms with Crippen molar-refractivity contribution in [2.24, 2.45) is 5.92 Å². The number of likely N-dealkylation sites (tertiary alicyclic amines) is 1. The lowest BCUT2D eigenvalue weighted by molar-refractivity contribution is 0.0911. The topological polar surface area (TPSA) is 50.2 Å². The molecule has 1 saturated heterocycles. The van der Waals surface area contributed by atoms with Crippen molar-refractivity contribution in [3.63, 3.8) is 0 Å². The van der Waals surface area contributed by atoms with Crippen LogP contribution in [0.3, 0.4) is 0 Å². The monoisotopic (exact) mass is 340 g/mol. The van der Waals surface area contributed by atoms with Gasteiger partial charge in [-0.1, -0.05) is 6.92 Å². The zero-order valence-electron chi connectivity index (χ0n) is 15.2. The smallest absolute Gasteiger partial charge is 0.268 e. The maximum Gasteiger partial charge on any atom is 0.268 e. The minimum absolute atomic E-state index is 0.00314. The summed E-state index contributed by atoms with van der Waals surface area (Å²) in [6.45, 7) is 8.27. The Morgan fingerprint density at radius 3 is 2.92 bits per heavy atom. The molecule has 2 aromatic heterocycles. The number of nitrogens with one attached hydrogen (secondary N) is 1. The molecule has 0 saturated carbocycles. The van der Waals surface area contributed by atoms with Crippen LogP contribution in [0.5, 0.6) is 0 Å². The standard InChI is InChI=1S/C20H28N4O/c1-16-5-3-11-23(13-16)14-17(2)22-20(25)19-6-4-12-24(19)15-18-7-9-21-10-8-18/h4,6-10,12,16-17H,3,5,11,13-15H2,1-2H3,(H,22,25)/t16-,17+/m1/s1. The van der Waals surface area contributed by atoms with Crippen LogP contribution in [0, 0.1) is 5.92 Å². The number of hydrogen-bond acceptors (Lipinski definition) is 3. The average Bonchev–Trinajstić information content (AvgIpc) is 3.04. The first kappa shape index (κ1) is 17.7. The van der Waals surface area contributed by atoms with E-state index in [1.165, 1.54) is 12.8 Å². The molecule has 134 valence electrons. The summed E-state index contributed by atoms with van der Waals surface area (Å²) >= 11 is 0. The van der Waals surface area contributed by atoms with Crippen LogP contribution in [0.2, 0.25) is 0 Å². The SMILES string of the molecule is C[C@@H]1CCCN(C[C@H](C)NC(=O)c2cccn2Cc2ccncc2)C1. The third-order valence-corrected chi connectivity index (χ3v) is 4.82. The zero-order valence-corrected chi connectivity index (χ0v) is 15.2. The van der Waals surface area contributed by atoms with E-state index in [1.54, 1.807) is 12.4 Å². The molecule has 3 rings (SSSR count). The van der Waals surface area contributed by atoms with E-state index in [0.717, 1.165) is 31.1 Å². The summed E-state index contributed by atoms with van der Waals surface area (Å²) < 4.78 is 1.99. The van der Waals surface area contributed by atoms with E-state index in [-0.39, 0.29) is 11.9 Å². The molecule has 5 heteroatoms. The average molecular weight is 340 g/mol. The maximum absolute atomic E-state index is 12.7. The van der Waals surface area contributed by atoms with Gasteiger partial charge in [-0.3, -0.25) is 9.78 Å². The van der Waals surface area contributed by atoms with E-state index in [9.17, 15) is 4.79 Å². The Hall–Kier alpha value is -2.14. The number of aromatic nitrogens is 2. The van der Waals surface area contributed by atoms with Crippen molar-refractivity contribution in [3.05, 3.63) is 54.1 Å². The fourth-order valence-electron chi connectivity index (χ4n) is 3.63. The molecule has 5 nitrogen and oxygen atoms in total. The zero-order chi connectivity index (χ0) is 17.6. The summed E-state index contributed by atoms with van der Waals surface area (Å²) in [5.74, 6) is 0.755. The van der Waals surface area contributed by atoms with Crippen molar-refractivity contribution in [1.29, 1.82) is 0 Å². The van der Waals surface area contributed by atoms with Crippen molar-refractivity contribution in [1.82, 2.24) is 19.8 Å². The Kier molecular flexibility index (Phi) is 5.87. The highest BCUT2D eigenvalue weighted by Crippen LogP contribution is 2.15. The number of piperidine rings is 1. The second kappa shape index (κ2) is 8.30. The lowest BCUT2D eigenvalue weighted by Crippen LogP contribution is -2.45. The normalized spacial score (nSPS) is 19.5. The largest absolute Gasteiger partial charge is 0.347 e. The highest BCUT2D eigenvalue weighted by molar-refractivity contribution is 5.93. The number of amides is 1. The molecule has 1 amide bonds. The highest BCUT2D eigenvalue weighted by atomic mass is 16.2. The van der Waals surface area contributed by atoms with Crippen LogP contribution in [-0.2, 0) is 6.54 Å². The lowest BCUT2D eigenvalue weighted by atomic mass is 10.00. The molecular weight excluding hydrogens is 312 g/mol. The summed E-state index contributed by atoms with van der Waals surface area (Å²) in [4.78, 5) is 19.2. The molecule has 3 heterocycles. The Morgan fingerprint density at radius 2 is 2.16 bits per heavy atom. The Bertz CT molecular complexity index is 682. The Balaban J connectivity index is 1.57. The van der Waals surface area contributed by atoms with Gasteiger partial charge in [0, 0.05) is 44.3 Å². The molecule has 1 aliphatic rings. The molecule has 0 radical (unpaired) electrons. The number of carbonyl (C=O) groups is 1. The summed E-state index contributed by atoms with van der Waals surface area (Å²) in [7, 11) is 0. The molecule has 2 atom stereocenters. The van der Waals surface area contributed by atoms with Gasteiger partial charge in [0.15, 0.2) is 0 Å². The van der Waals surface area contributed by atoms with Crippen molar-refractivity contribution in [3.8, 4) is 0 Å². The fraction of sp³-hybridized carbons (Fsp3) is 0.500. The predicted molar refractivity (Wildman–Crippen MR) is 99.5 cm³/mol. The van der Waals surface area contributed by atoms with E-state index in [1.807, 2.05) is 35.0 Å². The van der Waals surface area contributed by atoms with Gasteiger partial charge >= 0.3 is 0 Å². The van der Waals surface area contributed by atoms with Crippen LogP contribution in [0.1, 0.15) is 42.7 Å². The molecule has 1 aliphatic heterocycles. The van der Waals surface area contributed by atoms with E-state index in [4.69, 9.17) is 0 Å². The third kappa shape index (κ3) is 4.92. The van der Waals surface area contributed by atoms with Crippen LogP contribution in [0.15, 0.2) is 42.9 Å². The maximum atomic E-state index is 12.7. The Morgan fingerprint density at radius 1 is 1.36 bits per heavy atom. The first-order valence-corrected chi connectivity index (χ1v) is 9.19. The molecule has 25 heavy (non-hydrogen) atoms. The first-order valence-electron chi connectivity index (χ1n) is 9.19. The van der Waals surface area contributed by atoms with Gasteiger partial charge in [0.05, 0.1) is 0 Å². The second-order valence-corrected chi connectivity index (χ2v) is 7.26. The minimum Gasteiger partial charge on any atom is -0.347 e. The van der Waals surface area contributed by atoms with E-state index >= 15 is 0 Å². The molecule has 0 aromatic carbocycles. The van der Waals surface area contributed by atoms with Gasteiger partial charge < -0.3 is 14.8 Å². The summed E-state index contributed by atoms with van der Waals surface area (Å²) in [5, 5.41) is 3.16. The molecule has 2 aromatic rings. The van der Waals surface area contributed by atoms with Gasteiger partial charge in [0.1, 0.15) is 5.69 Å². The van der Waals surface area contributed by atoms with E-state index in [0.29, 0.717) is 12.2 Å². The summed E-state index contributed by atoms with van der Waals surface area (Å²) in [6, 6.07) is 7.89. The van der Waals surface area contributed by atoms with Gasteiger partial charge in [-0.2, -0.15) is 0 Å². The van der Waals surface area contributed by atoms with Crippen LogP contribution in [0.4, 0.5) is 0 Å². The Labute approximate surface area is 150 Å². The molecule has 0 aliphatic carbocycles. The predicted octanol–water partition coefficient (Wildman–Crippen LogP) is 2.78. The van der Waals surface area contributed by atoms with Crippen LogP contribution in [0.25, 0.3) is 0 Å². The number of rotatable bonds is 6. The number of hydrogen-bond donors (Lipinski definition) is 1. The van der Waals surface area contributed by atoms with Gasteiger partial charge in [-0.25, -0.2) is 0 Å². The molecule has 0 spiro atoms. The fourth-order valence-corrected chi connectivity index (χ4v) is 3.63. The van der Waals surface area contributed by atoms with Crippen molar-refractivity contribution < 1.29 is 4.79 Å². The van der Waals surface area contributed by atoms with Crippen molar-refractivity contribution in [2.75, 3.05) is 19.6 Å². The first-order chi connectivity index (χ1) is 12.1. The van der Waals surface area contributed by atoms with Gasteiger partial charge in [0.25, 0.3) is 5.91 Å². The molecule has 1 N–H and O–H groups in total. The third-order valence-electron chi connectivity index (χ3n) is 4.82.